The number of aryl methyl sites for hydroxylation is 3. The molecule has 1 nitrogen and oxygen atoms in total. The molecule has 0 unspecified atom stereocenters. The zero-order valence-corrected chi connectivity index (χ0v) is 8.33. The summed E-state index contributed by atoms with van der Waals surface area (Å²) in [7, 11) is 0. The SMILES string of the molecule is Cc1cc2c(C)csc2nc1C. The summed E-state index contributed by atoms with van der Waals surface area (Å²) in [6.45, 7) is 6.30. The molecule has 2 heteroatoms. The van der Waals surface area contributed by atoms with Crippen molar-refractivity contribution in [1.82, 2.24) is 4.98 Å². The van der Waals surface area contributed by atoms with Crippen LogP contribution in [0.5, 0.6) is 0 Å². The third-order valence-corrected chi connectivity index (χ3v) is 3.21. The molecule has 0 amide bonds. The van der Waals surface area contributed by atoms with Crippen LogP contribution in [0, 0.1) is 20.8 Å². The van der Waals surface area contributed by atoms with Gasteiger partial charge < -0.3 is 0 Å². The van der Waals surface area contributed by atoms with Gasteiger partial charge in [0.1, 0.15) is 4.83 Å². The molecule has 12 heavy (non-hydrogen) atoms. The van der Waals surface area contributed by atoms with Gasteiger partial charge in [-0.3, -0.25) is 0 Å². The highest BCUT2D eigenvalue weighted by Gasteiger charge is 2.03. The van der Waals surface area contributed by atoms with Gasteiger partial charge >= 0.3 is 0 Å². The lowest BCUT2D eigenvalue weighted by Crippen LogP contribution is -1.85. The monoisotopic (exact) mass is 177 g/mol. The lowest BCUT2D eigenvalue weighted by Gasteiger charge is -1.98. The fourth-order valence-electron chi connectivity index (χ4n) is 1.26. The van der Waals surface area contributed by atoms with Gasteiger partial charge in [-0.15, -0.1) is 11.3 Å². The van der Waals surface area contributed by atoms with E-state index in [-0.39, 0.29) is 0 Å². The molecule has 2 aromatic heterocycles. The first-order chi connectivity index (χ1) is 5.68. The standard InChI is InChI=1S/C10H11NS/c1-6-4-9-7(2)5-12-10(9)11-8(6)3/h4-5H,1-3H3. The molecule has 0 spiro atoms. The summed E-state index contributed by atoms with van der Waals surface area (Å²) < 4.78 is 0. The Morgan fingerprint density at radius 1 is 1.17 bits per heavy atom. The fraction of sp³-hybridized carbons (Fsp3) is 0.300. The van der Waals surface area contributed by atoms with Crippen LogP contribution in [-0.4, -0.2) is 4.98 Å². The molecule has 0 fully saturated rings. The average molecular weight is 177 g/mol. The number of pyridine rings is 1. The maximum absolute atomic E-state index is 4.51. The fourth-order valence-corrected chi connectivity index (χ4v) is 2.22. The van der Waals surface area contributed by atoms with Gasteiger partial charge in [0, 0.05) is 11.1 Å². The molecular formula is C10H11NS. The summed E-state index contributed by atoms with van der Waals surface area (Å²) in [5, 5.41) is 3.47. The predicted octanol–water partition coefficient (Wildman–Crippen LogP) is 3.22. The molecule has 0 bridgehead atoms. The molecule has 0 radical (unpaired) electrons. The molecule has 62 valence electrons. The van der Waals surface area contributed by atoms with Gasteiger partial charge in [0.15, 0.2) is 0 Å². The molecule has 2 heterocycles. The lowest BCUT2D eigenvalue weighted by atomic mass is 10.1. The van der Waals surface area contributed by atoms with Crippen LogP contribution < -0.4 is 0 Å². The van der Waals surface area contributed by atoms with Crippen LogP contribution in [0.25, 0.3) is 10.2 Å². The Hall–Kier alpha value is -0.890. The van der Waals surface area contributed by atoms with Gasteiger partial charge in [-0.2, -0.15) is 0 Å². The first-order valence-corrected chi connectivity index (χ1v) is 4.88. The maximum Gasteiger partial charge on any atom is 0.123 e. The number of hydrogen-bond donors (Lipinski definition) is 0. The maximum atomic E-state index is 4.51. The van der Waals surface area contributed by atoms with E-state index in [2.05, 4.69) is 37.2 Å². The lowest BCUT2D eigenvalue weighted by molar-refractivity contribution is 1.20. The summed E-state index contributed by atoms with van der Waals surface area (Å²) in [4.78, 5) is 5.68. The van der Waals surface area contributed by atoms with Crippen molar-refractivity contribution in [2.24, 2.45) is 0 Å². The van der Waals surface area contributed by atoms with Crippen molar-refractivity contribution in [1.29, 1.82) is 0 Å². The number of thiophene rings is 1. The van der Waals surface area contributed by atoms with Crippen molar-refractivity contribution in [2.75, 3.05) is 0 Å². The van der Waals surface area contributed by atoms with E-state index in [0.717, 1.165) is 10.5 Å². The van der Waals surface area contributed by atoms with E-state index >= 15 is 0 Å². The third-order valence-electron chi connectivity index (χ3n) is 2.20. The minimum Gasteiger partial charge on any atom is -0.242 e. The molecule has 0 atom stereocenters. The van der Waals surface area contributed by atoms with Gasteiger partial charge in [0.25, 0.3) is 0 Å². The first-order valence-electron chi connectivity index (χ1n) is 4.00. The van der Waals surface area contributed by atoms with Gasteiger partial charge in [0.2, 0.25) is 0 Å². The number of nitrogens with zero attached hydrogens (tertiary/aromatic N) is 1. The first kappa shape index (κ1) is 7.74. The second-order valence-corrected chi connectivity index (χ2v) is 4.02. The molecule has 2 aromatic rings. The van der Waals surface area contributed by atoms with Crippen LogP contribution in [0.3, 0.4) is 0 Å². The highest BCUT2D eigenvalue weighted by Crippen LogP contribution is 2.25. The second-order valence-electron chi connectivity index (χ2n) is 3.16. The van der Waals surface area contributed by atoms with E-state index in [1.54, 1.807) is 11.3 Å². The largest absolute Gasteiger partial charge is 0.242 e. The van der Waals surface area contributed by atoms with Crippen LogP contribution >= 0.6 is 11.3 Å². The van der Waals surface area contributed by atoms with E-state index < -0.39 is 0 Å². The quantitative estimate of drug-likeness (QED) is 0.602. The van der Waals surface area contributed by atoms with Crippen LogP contribution in [-0.2, 0) is 0 Å². The summed E-state index contributed by atoms with van der Waals surface area (Å²) >= 11 is 1.73. The topological polar surface area (TPSA) is 12.9 Å². The minimum atomic E-state index is 1.14. The van der Waals surface area contributed by atoms with Crippen molar-refractivity contribution in [2.45, 2.75) is 20.8 Å². The molecule has 0 aromatic carbocycles. The second kappa shape index (κ2) is 2.56. The molecule has 2 rings (SSSR count). The van der Waals surface area contributed by atoms with Crippen molar-refractivity contribution in [3.8, 4) is 0 Å². The highest BCUT2D eigenvalue weighted by molar-refractivity contribution is 7.16. The van der Waals surface area contributed by atoms with Crippen LogP contribution in [0.1, 0.15) is 16.8 Å². The normalized spacial score (nSPS) is 10.9. The molecule has 0 saturated heterocycles. The average Bonchev–Trinajstić information content (AvgIpc) is 2.35. The Labute approximate surface area is 76.1 Å². The molecular weight excluding hydrogens is 166 g/mol. The van der Waals surface area contributed by atoms with Gasteiger partial charge in [-0.1, -0.05) is 0 Å². The summed E-state index contributed by atoms with van der Waals surface area (Å²) in [5.74, 6) is 0. The van der Waals surface area contributed by atoms with E-state index in [0.29, 0.717) is 0 Å². The van der Waals surface area contributed by atoms with Gasteiger partial charge in [-0.25, -0.2) is 4.98 Å². The minimum absolute atomic E-state index is 1.14. The number of hydrogen-bond acceptors (Lipinski definition) is 2. The molecule has 0 aliphatic rings. The van der Waals surface area contributed by atoms with Crippen LogP contribution in [0.4, 0.5) is 0 Å². The summed E-state index contributed by atoms with van der Waals surface area (Å²) in [6, 6.07) is 2.23. The van der Waals surface area contributed by atoms with Crippen molar-refractivity contribution < 1.29 is 0 Å². The Bertz CT molecular complexity index is 429. The zero-order chi connectivity index (χ0) is 8.72. The van der Waals surface area contributed by atoms with E-state index in [9.17, 15) is 0 Å². The predicted molar refractivity (Wildman–Crippen MR) is 53.8 cm³/mol. The van der Waals surface area contributed by atoms with E-state index in [4.69, 9.17) is 0 Å². The van der Waals surface area contributed by atoms with Crippen molar-refractivity contribution in [3.05, 3.63) is 28.3 Å². The third kappa shape index (κ3) is 1.03. The Morgan fingerprint density at radius 2 is 1.92 bits per heavy atom. The number of fused-ring (bicyclic) bond motifs is 1. The van der Waals surface area contributed by atoms with E-state index in [1.807, 2.05) is 0 Å². The van der Waals surface area contributed by atoms with Crippen LogP contribution in [0.15, 0.2) is 11.4 Å². The number of rotatable bonds is 0. The summed E-state index contributed by atoms with van der Waals surface area (Å²) in [6.07, 6.45) is 0. The van der Waals surface area contributed by atoms with Crippen molar-refractivity contribution in [3.63, 3.8) is 0 Å². The molecule has 0 N–H and O–H groups in total. The Kier molecular flexibility index (Phi) is 1.65. The molecule has 0 saturated carbocycles. The molecule has 0 aliphatic carbocycles. The van der Waals surface area contributed by atoms with E-state index in [1.165, 1.54) is 16.5 Å². The number of aromatic nitrogens is 1. The zero-order valence-electron chi connectivity index (χ0n) is 7.51. The summed E-state index contributed by atoms with van der Waals surface area (Å²) in [5.41, 5.74) is 3.76. The Balaban J connectivity index is 2.87. The highest BCUT2D eigenvalue weighted by atomic mass is 32.1. The van der Waals surface area contributed by atoms with Crippen molar-refractivity contribution >= 4 is 21.6 Å². The smallest absolute Gasteiger partial charge is 0.123 e. The van der Waals surface area contributed by atoms with Gasteiger partial charge in [0.05, 0.1) is 0 Å². The Morgan fingerprint density at radius 3 is 2.67 bits per heavy atom. The van der Waals surface area contributed by atoms with Crippen LogP contribution in [0.2, 0.25) is 0 Å². The molecule has 0 aliphatic heterocycles. The van der Waals surface area contributed by atoms with Gasteiger partial charge in [-0.05, 0) is 43.3 Å².